The molecule has 6 aromatic carbocycles. The van der Waals surface area contributed by atoms with Crippen molar-refractivity contribution in [1.82, 2.24) is 9.15 Å². The van der Waals surface area contributed by atoms with Gasteiger partial charge in [-0.2, -0.15) is 21.6 Å². The van der Waals surface area contributed by atoms with Gasteiger partial charge in [-0.15, -0.1) is 11.6 Å². The summed E-state index contributed by atoms with van der Waals surface area (Å²) >= 11 is 6.08. The summed E-state index contributed by atoms with van der Waals surface area (Å²) in [5, 5.41) is 6.99. The number of nitrogens with zero attached hydrogens (tertiary/aromatic N) is 2. The maximum Gasteiger partial charge on any atom is 0.534 e. The second-order valence-electron chi connectivity index (χ2n) is 25.0. The molecule has 0 spiro atoms. The number of benzene rings is 6. The minimum Gasteiger partial charge on any atom is -1.00 e. The maximum atomic E-state index is 16.5. The molecule has 0 fully saturated rings. The van der Waals surface area contributed by atoms with Crippen LogP contribution in [0.5, 0.6) is 5.75 Å². The van der Waals surface area contributed by atoms with Crippen LogP contribution >= 0.6 is 11.6 Å². The van der Waals surface area contributed by atoms with Gasteiger partial charge in [0.25, 0.3) is 0 Å². The molecule has 0 saturated carbocycles. The molecule has 4 aliphatic heterocycles. The molecule has 0 radical (unpaired) electrons. The molecule has 2 unspecified atom stereocenters. The highest BCUT2D eigenvalue weighted by atomic mass is 35.5. The first-order valence-electron chi connectivity index (χ1n) is 27.5. The van der Waals surface area contributed by atoms with Gasteiger partial charge in [-0.1, -0.05) is 82.0 Å². The van der Waals surface area contributed by atoms with E-state index in [9.17, 15) is 21.6 Å². The number of hydrogen-bond donors (Lipinski definition) is 0. The molecule has 0 bridgehead atoms. The molecule has 2 atom stereocenters. The molecule has 4 heterocycles. The van der Waals surface area contributed by atoms with E-state index in [-0.39, 0.29) is 69.8 Å². The van der Waals surface area contributed by atoms with Gasteiger partial charge in [0.05, 0.1) is 0 Å². The Labute approximate surface area is 497 Å². The lowest BCUT2D eigenvalue weighted by Crippen LogP contribution is -3.00. The van der Waals surface area contributed by atoms with Gasteiger partial charge >= 0.3 is 15.6 Å². The van der Waals surface area contributed by atoms with Crippen molar-refractivity contribution in [3.8, 4) is 5.75 Å². The van der Waals surface area contributed by atoms with E-state index in [1.54, 1.807) is 13.0 Å². The maximum absolute atomic E-state index is 16.5. The third kappa shape index (κ3) is 10.4. The Balaban J connectivity index is 0.000000235. The Kier molecular flexibility index (Phi) is 17.6. The Morgan fingerprint density at radius 3 is 1.46 bits per heavy atom. The SMILES string of the molecule is CC[N+]1=c2cc3c(cc2C(C)CC1(C)C)=C(c1ccc(C)cc1C)c1cc(F)c(C)c(F)c1[Si]3(C)C.CC[N+]1=c2cc3c(cc2C(C)CC1(C)C)=C(c1ccc(CCl)cc1C)c1cc(F)c(OS(=O)(=O)C(F)(F)F)c(F)c1[Si]3(C)C.[Cl-].[Cl-]. The highest BCUT2D eigenvalue weighted by Gasteiger charge is 2.51. The summed E-state index contributed by atoms with van der Waals surface area (Å²) in [6.07, 6.45) is 1.96. The monoisotopic (exact) mass is 1240 g/mol. The van der Waals surface area contributed by atoms with Crippen molar-refractivity contribution in [1.29, 1.82) is 0 Å². The zero-order chi connectivity index (χ0) is 59.0. The molecule has 4 aliphatic rings. The number of rotatable bonds is 7. The van der Waals surface area contributed by atoms with Crippen molar-refractivity contribution in [3.63, 3.8) is 0 Å². The van der Waals surface area contributed by atoms with E-state index in [4.69, 9.17) is 11.6 Å². The quantitative estimate of drug-likeness (QED) is 0.0592. The Morgan fingerprint density at radius 1 is 0.622 bits per heavy atom. The summed E-state index contributed by atoms with van der Waals surface area (Å²) in [5.74, 6) is -4.56. The zero-order valence-electron chi connectivity index (χ0n) is 49.4. The molecule has 82 heavy (non-hydrogen) atoms. The van der Waals surface area contributed by atoms with E-state index in [2.05, 4.69) is 138 Å². The van der Waals surface area contributed by atoms with E-state index in [1.165, 1.54) is 21.7 Å². The van der Waals surface area contributed by atoms with E-state index in [1.807, 2.05) is 38.2 Å². The lowest BCUT2D eigenvalue weighted by Gasteiger charge is -2.36. The average molecular weight is 1240 g/mol. The van der Waals surface area contributed by atoms with Gasteiger partial charge < -0.3 is 29.0 Å². The first kappa shape index (κ1) is 64.8. The predicted molar refractivity (Wildman–Crippen MR) is 316 cm³/mol. The highest BCUT2D eigenvalue weighted by molar-refractivity contribution is 7.88. The van der Waals surface area contributed by atoms with E-state index < -0.39 is 55.0 Å². The van der Waals surface area contributed by atoms with Crippen molar-refractivity contribution in [2.45, 2.75) is 156 Å². The van der Waals surface area contributed by atoms with Gasteiger partial charge in [-0.3, -0.25) is 0 Å². The fraction of sp³-hybridized carbons (Fsp3) is 0.406. The Morgan fingerprint density at radius 2 is 1.05 bits per heavy atom. The van der Waals surface area contributed by atoms with Crippen molar-refractivity contribution in [2.24, 2.45) is 0 Å². The Bertz CT molecular complexity index is 4050. The summed E-state index contributed by atoms with van der Waals surface area (Å²) < 4.78 is 136. The molecule has 0 saturated heterocycles. The van der Waals surface area contributed by atoms with Crippen LogP contribution in [0.1, 0.15) is 141 Å². The standard InChI is InChI=1S/C32H34ClF5NO3SSi.C32H38F2NSi.2ClH/c1-8-39-25-14-26-22(12-21(25)18(3)15-31(39,4)5)27(20-10-9-19(16-33)11-17(20)2)23-13-24(34)29(28(35)30(23)44(26,6)7)42-43(40,41)32(36,37)38;1-10-35-27-16-28-24(14-23(27)20(4)17-32(35,6)7)29(22-12-11-18(2)13-19(22)3)25-15-26(33)21(5)30(34)31(25)36(28,8)9;;/h9-14,18H,8,15-16H2,1-7H3;11-16,20H,10,17H2,1-9H3;2*1H/q2*+1;;/p-2. The second kappa shape index (κ2) is 22.3. The highest BCUT2D eigenvalue weighted by Crippen LogP contribution is 2.38. The van der Waals surface area contributed by atoms with Crippen LogP contribution in [0.25, 0.3) is 11.1 Å². The largest absolute Gasteiger partial charge is 1.00 e. The van der Waals surface area contributed by atoms with Gasteiger partial charge in [0, 0.05) is 47.5 Å². The fourth-order valence-electron chi connectivity index (χ4n) is 14.2. The van der Waals surface area contributed by atoms with Gasteiger partial charge in [0.2, 0.25) is 16.5 Å². The van der Waals surface area contributed by atoms with Crippen LogP contribution in [0.15, 0.2) is 72.8 Å². The molecule has 6 aromatic rings. The predicted octanol–water partition coefficient (Wildman–Crippen LogP) is 4.50. The summed E-state index contributed by atoms with van der Waals surface area (Å²) in [4.78, 5) is 0. The summed E-state index contributed by atoms with van der Waals surface area (Å²) in [6.45, 7) is 35.1. The summed E-state index contributed by atoms with van der Waals surface area (Å²) in [6, 6.07) is 23.4. The number of aryl methyl sites for hydroxylation is 3. The van der Waals surface area contributed by atoms with Crippen LogP contribution in [-0.2, 0) is 16.0 Å². The topological polar surface area (TPSA) is 49.4 Å². The van der Waals surface area contributed by atoms with E-state index >= 15 is 17.6 Å². The number of alkyl halides is 4. The van der Waals surface area contributed by atoms with Crippen molar-refractivity contribution < 1.29 is 68.1 Å². The first-order chi connectivity index (χ1) is 37.1. The zero-order valence-corrected chi connectivity index (χ0v) is 54.5. The number of halogens is 10. The second-order valence-corrected chi connectivity index (χ2v) is 35.3. The van der Waals surface area contributed by atoms with Gasteiger partial charge in [0.1, 0.15) is 40.9 Å². The smallest absolute Gasteiger partial charge is 0.534 e. The number of hydrogen-bond acceptors (Lipinski definition) is 3. The molecule has 0 aromatic heterocycles. The van der Waals surface area contributed by atoms with E-state index in [0.29, 0.717) is 23.6 Å². The lowest BCUT2D eigenvalue weighted by atomic mass is 9.81. The molecular weight excluding hydrogens is 1170 g/mol. The Hall–Kier alpha value is -4.78. The molecule has 0 N–H and O–H groups in total. The molecule has 18 heteroatoms. The lowest BCUT2D eigenvalue weighted by molar-refractivity contribution is -0.0502. The summed E-state index contributed by atoms with van der Waals surface area (Å²) in [7, 11) is -12.0. The van der Waals surface area contributed by atoms with Crippen LogP contribution in [0, 0.1) is 51.0 Å². The molecule has 0 aliphatic carbocycles. The first-order valence-corrected chi connectivity index (χ1v) is 35.4. The number of fused-ring (bicyclic) bond motifs is 6. The van der Waals surface area contributed by atoms with Gasteiger partial charge in [0.15, 0.2) is 22.7 Å². The minimum absolute atomic E-state index is 0. The summed E-state index contributed by atoms with van der Waals surface area (Å²) in [5.41, 5.74) is 4.68. The van der Waals surface area contributed by atoms with Gasteiger partial charge in [-0.05, 0) is 187 Å². The van der Waals surface area contributed by atoms with Crippen molar-refractivity contribution >= 4 is 69.8 Å². The molecule has 10 rings (SSSR count). The van der Waals surface area contributed by atoms with Crippen molar-refractivity contribution in [3.05, 3.63) is 178 Å². The van der Waals surface area contributed by atoms with Crippen LogP contribution in [-0.4, -0.2) is 54.2 Å². The van der Waals surface area contributed by atoms with Crippen molar-refractivity contribution in [2.75, 3.05) is 13.1 Å². The van der Waals surface area contributed by atoms with Crippen LogP contribution < -0.4 is 80.0 Å². The normalized spacial score (nSPS) is 18.7. The third-order valence-electron chi connectivity index (χ3n) is 17.8. The molecule has 440 valence electrons. The van der Waals surface area contributed by atoms with E-state index in [0.717, 1.165) is 90.6 Å². The molecule has 0 amide bonds. The molecular formula is C64H72Cl3F7N2O3SSi2. The minimum atomic E-state index is -6.33. The average Bonchev–Trinajstić information content (AvgIpc) is 3.36. The van der Waals surface area contributed by atoms with Gasteiger partial charge in [-0.25, -0.2) is 26.7 Å². The van der Waals surface area contributed by atoms with Crippen LogP contribution in [0.3, 0.4) is 0 Å². The van der Waals surface area contributed by atoms with Crippen LogP contribution in [0.2, 0.25) is 26.2 Å². The fourth-order valence-corrected chi connectivity index (χ4v) is 21.2. The van der Waals surface area contributed by atoms with Crippen LogP contribution in [0.4, 0.5) is 30.7 Å². The third-order valence-corrected chi connectivity index (χ3v) is 26.1. The molecule has 5 nitrogen and oxygen atoms in total.